The molecule has 1 rings (SSSR count). The second-order valence-corrected chi connectivity index (χ2v) is 5.87. The minimum Gasteiger partial charge on any atom is -0.381 e. The van der Waals surface area contributed by atoms with E-state index >= 15 is 0 Å². The maximum Gasteiger partial charge on any atom is 0.135 e. The van der Waals surface area contributed by atoms with Gasteiger partial charge in [0.1, 0.15) is 6.10 Å². The molecule has 80 valence electrons. The van der Waals surface area contributed by atoms with E-state index in [9.17, 15) is 5.11 Å². The van der Waals surface area contributed by atoms with Crippen LogP contribution in [0, 0.1) is 10.8 Å². The van der Waals surface area contributed by atoms with Crippen LogP contribution < -0.4 is 0 Å². The van der Waals surface area contributed by atoms with Crippen molar-refractivity contribution in [1.82, 2.24) is 0 Å². The van der Waals surface area contributed by atoms with Crippen LogP contribution in [0.1, 0.15) is 41.5 Å². The van der Waals surface area contributed by atoms with Gasteiger partial charge in [-0.3, -0.25) is 0 Å². The first-order valence-electron chi connectivity index (χ1n) is 4.98. The smallest absolute Gasteiger partial charge is 0.135 e. The van der Waals surface area contributed by atoms with Crippen LogP contribution in [0.2, 0.25) is 0 Å². The lowest BCUT2D eigenvalue weighted by atomic mass is 9.79. The highest BCUT2D eigenvalue weighted by atomic mass is 16.3. The van der Waals surface area contributed by atoms with E-state index in [1.807, 2.05) is 41.5 Å². The molecule has 0 atom stereocenters. The van der Waals surface area contributed by atoms with Crippen molar-refractivity contribution in [3.63, 3.8) is 0 Å². The molecule has 1 aliphatic rings. The first-order valence-corrected chi connectivity index (χ1v) is 4.98. The van der Waals surface area contributed by atoms with E-state index < -0.39 is 6.10 Å². The number of aliphatic hydroxyl groups is 1. The highest BCUT2D eigenvalue weighted by molar-refractivity contribution is 6.16. The lowest BCUT2D eigenvalue weighted by Crippen LogP contribution is -2.40. The van der Waals surface area contributed by atoms with Crippen molar-refractivity contribution < 1.29 is 5.11 Å². The van der Waals surface area contributed by atoms with E-state index in [0.29, 0.717) is 0 Å². The summed E-state index contributed by atoms with van der Waals surface area (Å²) in [5, 5.41) is 18.2. The lowest BCUT2D eigenvalue weighted by Gasteiger charge is -2.26. The Morgan fingerprint density at radius 3 is 1.29 bits per heavy atom. The monoisotopic (exact) mass is 196 g/mol. The van der Waals surface area contributed by atoms with E-state index in [1.54, 1.807) is 0 Å². The second-order valence-electron chi connectivity index (χ2n) is 5.87. The normalized spacial score (nSPS) is 19.6. The minimum atomic E-state index is -0.602. The minimum absolute atomic E-state index is 0.115. The number of hydrogen-bond acceptors (Lipinski definition) is 3. The van der Waals surface area contributed by atoms with E-state index in [1.165, 1.54) is 0 Å². The molecule has 0 bridgehead atoms. The van der Waals surface area contributed by atoms with E-state index in [-0.39, 0.29) is 10.8 Å². The van der Waals surface area contributed by atoms with Crippen LogP contribution in [0.5, 0.6) is 0 Å². The molecule has 1 aliphatic heterocycles. The topological polar surface area (TPSA) is 45.0 Å². The number of hydrogen-bond donors (Lipinski definition) is 1. The van der Waals surface area contributed by atoms with Crippen molar-refractivity contribution in [2.75, 3.05) is 0 Å². The molecule has 1 heterocycles. The van der Waals surface area contributed by atoms with Crippen LogP contribution in [0.3, 0.4) is 0 Å². The van der Waals surface area contributed by atoms with Crippen LogP contribution in [-0.2, 0) is 0 Å². The van der Waals surface area contributed by atoms with E-state index in [2.05, 4.69) is 10.2 Å². The molecule has 1 N–H and O–H groups in total. The van der Waals surface area contributed by atoms with Gasteiger partial charge in [-0.15, -0.1) is 0 Å². The van der Waals surface area contributed by atoms with Gasteiger partial charge in [-0.25, -0.2) is 0 Å². The zero-order valence-electron chi connectivity index (χ0n) is 9.92. The molecule has 0 spiro atoms. The third-order valence-electron chi connectivity index (χ3n) is 2.32. The maximum absolute atomic E-state index is 10.1. The summed E-state index contributed by atoms with van der Waals surface area (Å²) in [5.41, 5.74) is 1.30. The largest absolute Gasteiger partial charge is 0.381 e. The Balaban J connectivity index is 2.90. The average molecular weight is 196 g/mol. The Bertz CT molecular complexity index is 259. The summed E-state index contributed by atoms with van der Waals surface area (Å²) in [4.78, 5) is 0. The van der Waals surface area contributed by atoms with Crippen molar-refractivity contribution in [2.24, 2.45) is 21.0 Å². The molecule has 0 unspecified atom stereocenters. The van der Waals surface area contributed by atoms with Crippen molar-refractivity contribution in [3.05, 3.63) is 0 Å². The third kappa shape index (κ3) is 2.03. The Kier molecular flexibility index (Phi) is 2.57. The predicted octanol–water partition coefficient (Wildman–Crippen LogP) is 2.25. The second kappa shape index (κ2) is 3.16. The van der Waals surface area contributed by atoms with Crippen LogP contribution in [0.25, 0.3) is 0 Å². The molecular weight excluding hydrogens is 176 g/mol. The Morgan fingerprint density at radius 1 is 0.857 bits per heavy atom. The van der Waals surface area contributed by atoms with Crippen LogP contribution in [0.15, 0.2) is 10.2 Å². The molecule has 0 saturated heterocycles. The summed E-state index contributed by atoms with van der Waals surface area (Å²) < 4.78 is 0. The van der Waals surface area contributed by atoms with Crippen LogP contribution in [0.4, 0.5) is 0 Å². The molecule has 14 heavy (non-hydrogen) atoms. The van der Waals surface area contributed by atoms with Crippen molar-refractivity contribution in [2.45, 2.75) is 47.6 Å². The summed E-state index contributed by atoms with van der Waals surface area (Å²) >= 11 is 0. The van der Waals surface area contributed by atoms with Gasteiger partial charge in [0.15, 0.2) is 0 Å². The quantitative estimate of drug-likeness (QED) is 0.634. The fourth-order valence-corrected chi connectivity index (χ4v) is 1.47. The molecule has 0 radical (unpaired) electrons. The summed E-state index contributed by atoms with van der Waals surface area (Å²) in [7, 11) is 0. The van der Waals surface area contributed by atoms with Crippen molar-refractivity contribution in [3.8, 4) is 0 Å². The average Bonchev–Trinajstić information content (AvgIpc) is 2.26. The lowest BCUT2D eigenvalue weighted by molar-refractivity contribution is 0.283. The Morgan fingerprint density at radius 2 is 1.14 bits per heavy atom. The van der Waals surface area contributed by atoms with E-state index in [4.69, 9.17) is 0 Å². The first-order chi connectivity index (χ1) is 6.14. The third-order valence-corrected chi connectivity index (χ3v) is 2.32. The van der Waals surface area contributed by atoms with Gasteiger partial charge in [0.2, 0.25) is 0 Å². The van der Waals surface area contributed by atoms with Gasteiger partial charge >= 0.3 is 0 Å². The van der Waals surface area contributed by atoms with E-state index in [0.717, 1.165) is 11.4 Å². The first kappa shape index (κ1) is 11.4. The Labute approximate surface area is 85.9 Å². The summed E-state index contributed by atoms with van der Waals surface area (Å²) in [6.07, 6.45) is -0.602. The predicted molar refractivity (Wildman–Crippen MR) is 59.8 cm³/mol. The van der Waals surface area contributed by atoms with Gasteiger partial charge < -0.3 is 5.11 Å². The zero-order chi connectivity index (χ0) is 11.1. The molecule has 0 fully saturated rings. The molecule has 3 nitrogen and oxygen atoms in total. The highest BCUT2D eigenvalue weighted by Gasteiger charge is 2.38. The maximum atomic E-state index is 10.1. The van der Waals surface area contributed by atoms with Crippen LogP contribution in [-0.4, -0.2) is 22.6 Å². The molecule has 3 heteroatoms. The van der Waals surface area contributed by atoms with Gasteiger partial charge in [-0.05, 0) is 0 Å². The molecule has 0 saturated carbocycles. The van der Waals surface area contributed by atoms with Gasteiger partial charge in [0.05, 0.1) is 11.4 Å². The van der Waals surface area contributed by atoms with Gasteiger partial charge in [0, 0.05) is 10.8 Å². The SMILES string of the molecule is CC(C)(C)C1=NN=C(C(C)(C)C)C1O. The van der Waals surface area contributed by atoms with Crippen LogP contribution >= 0.6 is 0 Å². The Hall–Kier alpha value is -0.700. The van der Waals surface area contributed by atoms with Gasteiger partial charge in [-0.2, -0.15) is 10.2 Å². The van der Waals surface area contributed by atoms with Crippen molar-refractivity contribution in [1.29, 1.82) is 0 Å². The molecule has 0 aromatic heterocycles. The summed E-state index contributed by atoms with van der Waals surface area (Å²) in [6.45, 7) is 12.2. The fraction of sp³-hybridized carbons (Fsp3) is 0.818. The summed E-state index contributed by atoms with van der Waals surface area (Å²) in [6, 6.07) is 0. The van der Waals surface area contributed by atoms with Gasteiger partial charge in [-0.1, -0.05) is 41.5 Å². The number of aliphatic hydroxyl groups excluding tert-OH is 1. The molecule has 0 amide bonds. The zero-order valence-corrected chi connectivity index (χ0v) is 9.92. The molecular formula is C11H20N2O. The summed E-state index contributed by atoms with van der Waals surface area (Å²) in [5.74, 6) is 0. The highest BCUT2D eigenvalue weighted by Crippen LogP contribution is 2.29. The standard InChI is InChI=1S/C11H20N2O/c1-10(2,3)8-7(14)9(13-12-8)11(4,5)6/h7,14H,1-6H3. The molecule has 0 aliphatic carbocycles. The van der Waals surface area contributed by atoms with Gasteiger partial charge in [0.25, 0.3) is 0 Å². The van der Waals surface area contributed by atoms with Crippen molar-refractivity contribution >= 4 is 11.4 Å². The number of nitrogens with zero attached hydrogens (tertiary/aromatic N) is 2. The molecule has 0 aromatic carbocycles. The molecule has 0 aromatic rings. The fourth-order valence-electron chi connectivity index (χ4n) is 1.47. The number of rotatable bonds is 0.